The number of hydrazine groups is 1. The van der Waals surface area contributed by atoms with Crippen molar-refractivity contribution in [2.24, 2.45) is 0 Å². The number of benzene rings is 1. The predicted molar refractivity (Wildman–Crippen MR) is 80.1 cm³/mol. The number of nitrogens with one attached hydrogen (secondary N) is 2. The smallest absolute Gasteiger partial charge is 0.256 e. The maximum absolute atomic E-state index is 14.3. The van der Waals surface area contributed by atoms with Gasteiger partial charge in [-0.3, -0.25) is 0 Å². The number of hydrogen-bond acceptors (Lipinski definition) is 4. The van der Waals surface area contributed by atoms with Crippen molar-refractivity contribution in [3.05, 3.63) is 28.0 Å². The first kappa shape index (κ1) is 17.5. The van der Waals surface area contributed by atoms with Crippen LogP contribution in [0, 0.1) is 5.82 Å². The normalized spacial score (nSPS) is 12.1. The van der Waals surface area contributed by atoms with Gasteiger partial charge >= 0.3 is 0 Å². The van der Waals surface area contributed by atoms with Gasteiger partial charge in [0, 0.05) is 30.7 Å². The van der Waals surface area contributed by atoms with E-state index in [4.69, 9.17) is 0 Å². The van der Waals surface area contributed by atoms with E-state index >= 15 is 0 Å². The van der Waals surface area contributed by atoms with Gasteiger partial charge in [0.15, 0.2) is 0 Å². The van der Waals surface area contributed by atoms with Gasteiger partial charge in [-0.1, -0.05) is 22.9 Å². The molecule has 5 nitrogen and oxygen atoms in total. The Morgan fingerprint density at radius 2 is 2.00 bits per heavy atom. The lowest BCUT2D eigenvalue weighted by Gasteiger charge is -2.15. The SMILES string of the molecule is CCCNCc1cc(Br)cc(S(=O)(=O)NN(C)C)c1F. The van der Waals surface area contributed by atoms with Crippen molar-refractivity contribution in [1.82, 2.24) is 15.2 Å². The van der Waals surface area contributed by atoms with Gasteiger partial charge < -0.3 is 5.32 Å². The second kappa shape index (κ2) is 7.46. The van der Waals surface area contributed by atoms with Crippen LogP contribution in [0.3, 0.4) is 0 Å². The summed E-state index contributed by atoms with van der Waals surface area (Å²) in [5, 5.41) is 4.31. The van der Waals surface area contributed by atoms with E-state index in [-0.39, 0.29) is 11.4 Å². The average Bonchev–Trinajstić information content (AvgIpc) is 2.31. The molecule has 1 aromatic carbocycles. The molecule has 1 aromatic rings. The maximum atomic E-state index is 14.3. The quantitative estimate of drug-likeness (QED) is 0.570. The minimum absolute atomic E-state index is 0.281. The first-order chi connectivity index (χ1) is 9.27. The highest BCUT2D eigenvalue weighted by molar-refractivity contribution is 9.10. The van der Waals surface area contributed by atoms with E-state index < -0.39 is 15.8 Å². The van der Waals surface area contributed by atoms with Crippen LogP contribution in [-0.2, 0) is 16.6 Å². The van der Waals surface area contributed by atoms with Crippen molar-refractivity contribution in [1.29, 1.82) is 0 Å². The molecule has 0 radical (unpaired) electrons. The Labute approximate surface area is 127 Å². The first-order valence-corrected chi connectivity index (χ1v) is 8.44. The monoisotopic (exact) mass is 367 g/mol. The van der Waals surface area contributed by atoms with E-state index in [0.717, 1.165) is 13.0 Å². The molecule has 8 heteroatoms. The molecule has 0 saturated heterocycles. The molecule has 0 amide bonds. The summed E-state index contributed by atoms with van der Waals surface area (Å²) in [5.41, 5.74) is 0.312. The molecule has 1 rings (SSSR count). The average molecular weight is 368 g/mol. The third-order valence-electron chi connectivity index (χ3n) is 2.41. The van der Waals surface area contributed by atoms with Gasteiger partial charge in [0.2, 0.25) is 0 Å². The summed E-state index contributed by atoms with van der Waals surface area (Å²) < 4.78 is 39.0. The fourth-order valence-electron chi connectivity index (χ4n) is 1.63. The zero-order valence-corrected chi connectivity index (χ0v) is 14.1. The van der Waals surface area contributed by atoms with E-state index in [9.17, 15) is 12.8 Å². The molecule has 0 aliphatic rings. The maximum Gasteiger partial charge on any atom is 0.256 e. The molecule has 2 N–H and O–H groups in total. The standard InChI is InChI=1S/C12H19BrFN3O2S/c1-4-5-15-8-9-6-10(13)7-11(12(9)14)20(18,19)16-17(2)3/h6-7,15-16H,4-5,8H2,1-3H3. The lowest BCUT2D eigenvalue weighted by Crippen LogP contribution is -2.36. The van der Waals surface area contributed by atoms with Gasteiger partial charge in [-0.25, -0.2) is 17.8 Å². The van der Waals surface area contributed by atoms with Gasteiger partial charge in [0.25, 0.3) is 10.0 Å². The van der Waals surface area contributed by atoms with Crippen molar-refractivity contribution < 1.29 is 12.8 Å². The van der Waals surface area contributed by atoms with E-state index in [1.165, 1.54) is 25.2 Å². The van der Waals surface area contributed by atoms with Gasteiger partial charge in [-0.05, 0) is 25.1 Å². The van der Waals surface area contributed by atoms with Crippen molar-refractivity contribution in [3.63, 3.8) is 0 Å². The highest BCUT2D eigenvalue weighted by Crippen LogP contribution is 2.24. The second-order valence-electron chi connectivity index (χ2n) is 4.54. The van der Waals surface area contributed by atoms with Gasteiger partial charge in [-0.2, -0.15) is 0 Å². The molecule has 114 valence electrons. The molecule has 0 unspecified atom stereocenters. The molecule has 0 aliphatic carbocycles. The van der Waals surface area contributed by atoms with Gasteiger partial charge in [0.05, 0.1) is 0 Å². The topological polar surface area (TPSA) is 61.4 Å². The molecule has 0 atom stereocenters. The molecular formula is C12H19BrFN3O2S. The Morgan fingerprint density at radius 1 is 1.35 bits per heavy atom. The van der Waals surface area contributed by atoms with Crippen LogP contribution in [0.15, 0.2) is 21.5 Å². The predicted octanol–water partition coefficient (Wildman–Crippen LogP) is 1.84. The highest BCUT2D eigenvalue weighted by Gasteiger charge is 2.22. The van der Waals surface area contributed by atoms with Crippen LogP contribution < -0.4 is 10.1 Å². The highest BCUT2D eigenvalue weighted by atomic mass is 79.9. The minimum Gasteiger partial charge on any atom is -0.313 e. The van der Waals surface area contributed by atoms with E-state index in [1.807, 2.05) is 6.92 Å². The van der Waals surface area contributed by atoms with Crippen LogP contribution in [0.2, 0.25) is 0 Å². The summed E-state index contributed by atoms with van der Waals surface area (Å²) in [6.45, 7) is 3.02. The summed E-state index contributed by atoms with van der Waals surface area (Å²) >= 11 is 3.21. The lowest BCUT2D eigenvalue weighted by molar-refractivity contribution is 0.362. The summed E-state index contributed by atoms with van der Waals surface area (Å²) in [5.74, 6) is -0.730. The summed E-state index contributed by atoms with van der Waals surface area (Å²) in [6, 6.07) is 2.83. The Kier molecular flexibility index (Phi) is 6.53. The molecule has 0 saturated carbocycles. The van der Waals surface area contributed by atoms with E-state index in [2.05, 4.69) is 26.1 Å². The summed E-state index contributed by atoms with van der Waals surface area (Å²) in [4.78, 5) is 1.86. The second-order valence-corrected chi connectivity index (χ2v) is 7.09. The van der Waals surface area contributed by atoms with Crippen LogP contribution >= 0.6 is 15.9 Å². The van der Waals surface area contributed by atoms with Crippen molar-refractivity contribution in [2.45, 2.75) is 24.8 Å². The first-order valence-electron chi connectivity index (χ1n) is 6.16. The van der Waals surface area contributed by atoms with Gasteiger partial charge in [-0.15, -0.1) is 4.83 Å². The number of rotatable bonds is 7. The van der Waals surface area contributed by atoms with Crippen molar-refractivity contribution >= 4 is 26.0 Å². The molecule has 0 aromatic heterocycles. The zero-order chi connectivity index (χ0) is 15.3. The summed E-state index contributed by atoms with van der Waals surface area (Å²) in [7, 11) is -0.873. The molecule has 20 heavy (non-hydrogen) atoms. The van der Waals surface area contributed by atoms with Crippen molar-refractivity contribution in [3.8, 4) is 0 Å². The van der Waals surface area contributed by atoms with Crippen LogP contribution in [0.25, 0.3) is 0 Å². The Hall–Kier alpha value is -0.540. The summed E-state index contributed by atoms with van der Waals surface area (Å²) in [6.07, 6.45) is 0.920. The minimum atomic E-state index is -3.92. The largest absolute Gasteiger partial charge is 0.313 e. The van der Waals surface area contributed by atoms with E-state index in [0.29, 0.717) is 10.0 Å². The number of nitrogens with zero attached hydrogens (tertiary/aromatic N) is 1. The van der Waals surface area contributed by atoms with Crippen LogP contribution in [0.1, 0.15) is 18.9 Å². The Balaban J connectivity index is 3.14. The van der Waals surface area contributed by atoms with Crippen LogP contribution in [-0.4, -0.2) is 34.1 Å². The third-order valence-corrected chi connectivity index (χ3v) is 4.35. The molecule has 0 bridgehead atoms. The molecular weight excluding hydrogens is 349 g/mol. The molecule has 0 fully saturated rings. The number of halogens is 2. The number of hydrogen-bond donors (Lipinski definition) is 2. The lowest BCUT2D eigenvalue weighted by atomic mass is 10.2. The number of sulfonamides is 1. The fraction of sp³-hybridized carbons (Fsp3) is 0.500. The Morgan fingerprint density at radius 3 is 2.55 bits per heavy atom. The van der Waals surface area contributed by atoms with Crippen LogP contribution in [0.4, 0.5) is 4.39 Å². The Bertz CT molecular complexity index is 564. The van der Waals surface area contributed by atoms with Crippen LogP contribution in [0.5, 0.6) is 0 Å². The zero-order valence-electron chi connectivity index (χ0n) is 11.7. The van der Waals surface area contributed by atoms with Crippen molar-refractivity contribution in [2.75, 3.05) is 20.6 Å². The van der Waals surface area contributed by atoms with E-state index in [1.54, 1.807) is 6.07 Å². The molecule has 0 spiro atoms. The fourth-order valence-corrected chi connectivity index (χ4v) is 3.52. The molecule has 0 aliphatic heterocycles. The third kappa shape index (κ3) is 4.78. The molecule has 0 heterocycles. The van der Waals surface area contributed by atoms with Gasteiger partial charge in [0.1, 0.15) is 10.7 Å².